The molecule has 0 unspecified atom stereocenters. The van der Waals surface area contributed by atoms with Crippen LogP contribution in [-0.4, -0.2) is 136 Å². The Morgan fingerprint density at radius 3 is 1.07 bits per heavy atom. The molecule has 6 aromatic rings. The van der Waals surface area contributed by atoms with Gasteiger partial charge in [0.25, 0.3) is 0 Å². The topological polar surface area (TPSA) is 403 Å². The molecule has 0 radical (unpaired) electrons. The minimum atomic E-state index is -1.18. The van der Waals surface area contributed by atoms with Gasteiger partial charge >= 0.3 is 36.1 Å². The first kappa shape index (κ1) is 88.4. The highest BCUT2D eigenvalue weighted by molar-refractivity contribution is 14.1. The molecule has 0 aliphatic heterocycles. The van der Waals surface area contributed by atoms with E-state index >= 15 is 0 Å². The van der Waals surface area contributed by atoms with Crippen LogP contribution in [0.3, 0.4) is 0 Å². The first-order valence-electron chi connectivity index (χ1n) is 28.8. The predicted molar refractivity (Wildman–Crippen MR) is 432 cm³/mol. The highest BCUT2D eigenvalue weighted by Crippen LogP contribution is 2.37. The summed E-state index contributed by atoms with van der Waals surface area (Å²) in [7, 11) is 0. The van der Waals surface area contributed by atoms with E-state index in [1.165, 1.54) is 13.8 Å². The number of rotatable bonds is 22. The molecule has 5 amide bonds. The van der Waals surface area contributed by atoms with Crippen LogP contribution in [0.2, 0.25) is 0 Å². The van der Waals surface area contributed by atoms with Gasteiger partial charge in [-0.2, -0.15) is 0 Å². The second-order valence-electron chi connectivity index (χ2n) is 23.2. The van der Waals surface area contributed by atoms with Crippen molar-refractivity contribution in [3.8, 4) is 34.5 Å². The summed E-state index contributed by atoms with van der Waals surface area (Å²) < 4.78 is 21.8. The van der Waals surface area contributed by atoms with Crippen molar-refractivity contribution >= 4 is 244 Å². The molecule has 0 aromatic heterocycles. The Kier molecular flexibility index (Phi) is 37.1. The van der Waals surface area contributed by atoms with Gasteiger partial charge in [0.15, 0.2) is 5.75 Å². The molecule has 0 fully saturated rings. The summed E-state index contributed by atoms with van der Waals surface area (Å²) in [5.41, 5.74) is 2.21. The molecule has 99 heavy (non-hydrogen) atoms. The van der Waals surface area contributed by atoms with E-state index in [9.17, 15) is 78.9 Å². The molecule has 6 aromatic carbocycles. The van der Waals surface area contributed by atoms with Gasteiger partial charge in [0.1, 0.15) is 70.2 Å². The second-order valence-corrected chi connectivity index (χ2v) is 33.0. The number of phenols is 4. The average Bonchev–Trinajstić information content (AvgIpc) is 0.835. The Balaban J connectivity index is 0.000000350. The third kappa shape index (κ3) is 32.6. The van der Waals surface area contributed by atoms with Crippen LogP contribution in [0.15, 0.2) is 106 Å². The van der Waals surface area contributed by atoms with Gasteiger partial charge in [-0.3, -0.25) is 14.4 Å². The number of nitrogens with one attached hydrogen (secondary N) is 5. The highest BCUT2D eigenvalue weighted by Gasteiger charge is 2.30. The summed E-state index contributed by atoms with van der Waals surface area (Å²) >= 11 is 20.4. The minimum Gasteiger partial charge on any atom is -0.507 e. The van der Waals surface area contributed by atoms with Crippen LogP contribution in [0.25, 0.3) is 0 Å². The van der Waals surface area contributed by atoms with E-state index < -0.39 is 89.3 Å². The fourth-order valence-electron chi connectivity index (χ4n) is 8.17. The Labute approximate surface area is 682 Å². The molecule has 0 aliphatic carbocycles. The van der Waals surface area contributed by atoms with Crippen LogP contribution < -0.4 is 31.3 Å². The van der Waals surface area contributed by atoms with Gasteiger partial charge < -0.3 is 81.6 Å². The number of carboxylic acid groups (broad SMARTS) is 4. The Morgan fingerprint density at radius 1 is 0.404 bits per heavy atom. The van der Waals surface area contributed by atoms with Gasteiger partial charge in [0.2, 0.25) is 17.7 Å². The van der Waals surface area contributed by atoms with Gasteiger partial charge in [-0.25, -0.2) is 28.8 Å². The molecule has 25 nitrogen and oxygen atoms in total. The molecule has 5 atom stereocenters. The zero-order chi connectivity index (χ0) is 75.1. The molecule has 34 heteroatoms. The standard InChI is InChI=1S/C20H20I3NO6.C20H20I2N2O5.C14H17I2NO5.C11H11Br2NO4/c1-20(2,3)30-19(28)24-15(18(26)27)8-10-6-13(22)17(14(23)7-10)29-11-4-5-16(25)12(21)9-11;1-11(25)23-16(9-12-5-3-2-4-6-12)19(27)24-17(20(28)29)10-13-7-14(21)18(26)15(22)8-13;1-14(2,3)22-13(21)17-10(12(19)20)6-7-4-8(15)11(18)9(16)5-7;1-5(15)14-9(11(17)18)4-6-2-7(12)10(16)8(13)3-6/h4-7,9,15,25H,8H2,1-3H3,(H,24,28)(H,26,27);2-8,16-17,26H,9-10H2,1H3,(H,23,25)(H,24,27)(H,28,29);4-5,10,18H,6H2,1-3H3,(H,17,21)(H,19,20);2-3,9,16H,4H2,1H3,(H,14,15)(H,17,18)/t15-;16-,17-;10-;9-/m1111/s1. The molecule has 0 aliphatic rings. The normalized spacial score (nSPS) is 12.4. The molecular weight excluding hydrogens is 2220 g/mol. The van der Waals surface area contributed by atoms with E-state index in [-0.39, 0.29) is 61.0 Å². The van der Waals surface area contributed by atoms with E-state index in [0.717, 1.165) is 18.3 Å². The van der Waals surface area contributed by atoms with E-state index in [2.05, 4.69) is 104 Å². The number of alkyl carbamates (subject to hydrolysis) is 2. The van der Waals surface area contributed by atoms with E-state index in [4.69, 9.17) is 19.3 Å². The summed E-state index contributed by atoms with van der Waals surface area (Å²) in [6, 6.07) is 22.4. The number of carbonyl (C=O) groups excluding carboxylic acids is 5. The van der Waals surface area contributed by atoms with Crippen molar-refractivity contribution in [3.63, 3.8) is 0 Å². The maximum Gasteiger partial charge on any atom is 0.408 e. The molecule has 0 saturated heterocycles. The second kappa shape index (κ2) is 41.5. The summed E-state index contributed by atoms with van der Waals surface area (Å²) in [5, 5.41) is 88.3. The number of aliphatic carboxylic acids is 4. The Hall–Kier alpha value is -4.78. The molecule has 0 spiro atoms. The molecule has 0 saturated carbocycles. The minimum absolute atomic E-state index is 0.0464. The Morgan fingerprint density at radius 2 is 0.727 bits per heavy atom. The quantitative estimate of drug-likeness (QED) is 0.0281. The van der Waals surface area contributed by atoms with Gasteiger partial charge in [-0.1, -0.05) is 30.3 Å². The van der Waals surface area contributed by atoms with Crippen molar-refractivity contribution in [1.82, 2.24) is 26.6 Å². The van der Waals surface area contributed by atoms with Gasteiger partial charge in [0, 0.05) is 46.0 Å². The number of aromatic hydroxyl groups is 4. The maximum absolute atomic E-state index is 12.7. The first-order valence-corrected chi connectivity index (χ1v) is 37.9. The first-order chi connectivity index (χ1) is 45.8. The number of carbonyl (C=O) groups is 9. The number of halogens is 9. The lowest BCUT2D eigenvalue weighted by atomic mass is 10.0. The van der Waals surface area contributed by atoms with Crippen LogP contribution in [0, 0.1) is 25.0 Å². The van der Waals surface area contributed by atoms with Crippen molar-refractivity contribution in [3.05, 3.63) is 159 Å². The lowest BCUT2D eigenvalue weighted by Gasteiger charge is -2.22. The average molecular weight is 2290 g/mol. The van der Waals surface area contributed by atoms with E-state index in [0.29, 0.717) is 55.0 Å². The lowest BCUT2D eigenvalue weighted by Crippen LogP contribution is -2.52. The number of ether oxygens (including phenoxy) is 3. The molecule has 0 bridgehead atoms. The fourth-order valence-corrected chi connectivity index (χ4v) is 15.8. The molecule has 0 heterocycles. The summed E-state index contributed by atoms with van der Waals surface area (Å²) in [6.45, 7) is 12.8. The van der Waals surface area contributed by atoms with Crippen molar-refractivity contribution in [1.29, 1.82) is 0 Å². The number of hydrogen-bond acceptors (Lipinski definition) is 16. The number of hydrogen-bond donors (Lipinski definition) is 13. The van der Waals surface area contributed by atoms with Gasteiger partial charge in [-0.05, 0) is 326 Å². The molecule has 13 N–H and O–H groups in total. The van der Waals surface area contributed by atoms with Crippen LogP contribution in [0.5, 0.6) is 34.5 Å². The predicted octanol–water partition coefficient (Wildman–Crippen LogP) is 13.2. The maximum atomic E-state index is 12.7. The van der Waals surface area contributed by atoms with Crippen molar-refractivity contribution < 1.29 is 98.2 Å². The zero-order valence-corrected chi connectivity index (χ0v) is 71.8. The van der Waals surface area contributed by atoms with E-state index in [1.54, 1.807) is 96.1 Å². The SMILES string of the molecule is CC(=O)N[C@H](Cc1cc(Br)c(O)c(Br)c1)C(=O)O.CC(=O)N[C@H](Cc1ccccc1)C(=O)N[C@H](Cc1cc(I)c(O)c(I)c1)C(=O)O.CC(C)(C)OC(=O)N[C@H](Cc1cc(I)c(O)c(I)c1)C(=O)O.CC(C)(C)OC(=O)N[C@H](Cc1cc(I)c(Oc2ccc(O)c(I)c2)c(I)c1)C(=O)O. The van der Waals surface area contributed by atoms with Gasteiger partial charge in [-0.15, -0.1) is 0 Å². The van der Waals surface area contributed by atoms with Crippen LogP contribution in [0.1, 0.15) is 83.2 Å². The molecule has 6 rings (SSSR count). The molecule has 536 valence electrons. The fraction of sp³-hybridized carbons (Fsp3) is 0.308. The number of benzene rings is 6. The largest absolute Gasteiger partial charge is 0.507 e. The monoisotopic (exact) mass is 2280 g/mol. The van der Waals surface area contributed by atoms with Crippen LogP contribution in [-0.2, 0) is 75.1 Å². The summed E-state index contributed by atoms with van der Waals surface area (Å²) in [5.74, 6) is -4.20. The summed E-state index contributed by atoms with van der Waals surface area (Å²) in [6.07, 6.45) is -0.936. The number of carboxylic acids is 4. The molecular formula is C65H68Br2I7N5O20. The number of amides is 5. The third-order valence-corrected chi connectivity index (χ3v) is 19.4. The Bertz CT molecular complexity index is 3830. The van der Waals surface area contributed by atoms with Crippen LogP contribution >= 0.6 is 190 Å². The smallest absolute Gasteiger partial charge is 0.408 e. The number of phenolic OH excluding ortho intramolecular Hbond substituents is 4. The van der Waals surface area contributed by atoms with Crippen LogP contribution in [0.4, 0.5) is 9.59 Å². The van der Waals surface area contributed by atoms with Gasteiger partial charge in [0.05, 0.1) is 33.9 Å². The third-order valence-electron chi connectivity index (χ3n) is 12.4. The highest BCUT2D eigenvalue weighted by atomic mass is 127. The van der Waals surface area contributed by atoms with Crippen molar-refractivity contribution in [2.75, 3.05) is 0 Å². The lowest BCUT2D eigenvalue weighted by molar-refractivity contribution is -0.142. The van der Waals surface area contributed by atoms with Crippen molar-refractivity contribution in [2.45, 2.75) is 129 Å². The summed E-state index contributed by atoms with van der Waals surface area (Å²) in [4.78, 5) is 105. The van der Waals surface area contributed by atoms with E-state index in [1.807, 2.05) is 155 Å². The zero-order valence-electron chi connectivity index (χ0n) is 53.5. The van der Waals surface area contributed by atoms with Crippen molar-refractivity contribution in [2.24, 2.45) is 0 Å².